The summed E-state index contributed by atoms with van der Waals surface area (Å²) in [6.45, 7) is 2.81. The van der Waals surface area contributed by atoms with Crippen molar-refractivity contribution in [2.45, 2.75) is 48.8 Å². The Morgan fingerprint density at radius 3 is 2.30 bits per heavy atom. The number of nitrogens with zero attached hydrogens (tertiary/aromatic N) is 1. The molecule has 1 saturated heterocycles. The highest BCUT2D eigenvalue weighted by molar-refractivity contribution is 7.91. The second-order valence-electron chi connectivity index (χ2n) is 8.96. The molecule has 1 unspecified atom stereocenters. The Labute approximate surface area is 218 Å². The van der Waals surface area contributed by atoms with Gasteiger partial charge in [-0.3, -0.25) is 4.79 Å². The van der Waals surface area contributed by atoms with E-state index in [0.29, 0.717) is 31.5 Å². The number of alkyl halides is 3. The Kier molecular flexibility index (Phi) is 8.37. The number of piperidine rings is 1. The minimum absolute atomic E-state index is 0.0517. The van der Waals surface area contributed by atoms with Crippen molar-refractivity contribution in [3.05, 3.63) is 88.3 Å². The molecule has 1 atom stereocenters. The summed E-state index contributed by atoms with van der Waals surface area (Å²) in [5.74, 6) is -0.224. The zero-order valence-corrected chi connectivity index (χ0v) is 21.8. The van der Waals surface area contributed by atoms with Gasteiger partial charge in [-0.05, 0) is 61.7 Å². The van der Waals surface area contributed by atoms with Crippen LogP contribution in [0.3, 0.4) is 0 Å². The average molecular weight is 552 g/mol. The standard InChI is InChI=1S/C26H28F3N3O3S2/c1-18(19-7-9-21(10-8-19)26(27,28)29)31-22-13-15-32(16-14-22)37(34,35)24-12-11-23(36-24)17-30-25(33)20-5-3-2-4-6-20/h2-12,18,22,31H,13-17H2,1H3,(H,30,33). The fourth-order valence-corrected chi connectivity index (χ4v) is 7.17. The maximum atomic E-state index is 13.2. The topological polar surface area (TPSA) is 78.5 Å². The summed E-state index contributed by atoms with van der Waals surface area (Å²) in [5.41, 5.74) is 0.599. The number of halogens is 3. The van der Waals surface area contributed by atoms with E-state index in [-0.39, 0.29) is 28.7 Å². The molecule has 1 aliphatic rings. The van der Waals surface area contributed by atoms with Gasteiger partial charge in [-0.2, -0.15) is 17.5 Å². The van der Waals surface area contributed by atoms with Crippen LogP contribution in [-0.4, -0.2) is 37.8 Å². The molecule has 6 nitrogen and oxygen atoms in total. The summed E-state index contributed by atoms with van der Waals surface area (Å²) < 4.78 is 66.4. The number of sulfonamides is 1. The van der Waals surface area contributed by atoms with Crippen molar-refractivity contribution in [3.63, 3.8) is 0 Å². The van der Waals surface area contributed by atoms with E-state index in [2.05, 4.69) is 10.6 Å². The van der Waals surface area contributed by atoms with Crippen molar-refractivity contribution >= 4 is 27.3 Å². The molecular formula is C26H28F3N3O3S2. The molecule has 198 valence electrons. The van der Waals surface area contributed by atoms with Crippen molar-refractivity contribution < 1.29 is 26.4 Å². The van der Waals surface area contributed by atoms with Gasteiger partial charge in [0, 0.05) is 35.6 Å². The molecule has 2 heterocycles. The highest BCUT2D eigenvalue weighted by Gasteiger charge is 2.32. The Morgan fingerprint density at radius 1 is 1.03 bits per heavy atom. The molecule has 1 aliphatic heterocycles. The second-order valence-corrected chi connectivity index (χ2v) is 12.3. The van der Waals surface area contributed by atoms with Crippen molar-refractivity contribution in [3.8, 4) is 0 Å². The van der Waals surface area contributed by atoms with Crippen LogP contribution in [0.25, 0.3) is 0 Å². The quantitative estimate of drug-likeness (QED) is 0.404. The maximum absolute atomic E-state index is 13.2. The molecule has 3 aromatic rings. The largest absolute Gasteiger partial charge is 0.416 e. The van der Waals surface area contributed by atoms with Crippen LogP contribution in [0.15, 0.2) is 70.9 Å². The fraction of sp³-hybridized carbons (Fsp3) is 0.346. The molecule has 0 aliphatic carbocycles. The van der Waals surface area contributed by atoms with Crippen LogP contribution in [-0.2, 0) is 22.7 Å². The van der Waals surface area contributed by atoms with Crippen molar-refractivity contribution in [2.75, 3.05) is 13.1 Å². The van der Waals surface area contributed by atoms with Crippen LogP contribution >= 0.6 is 11.3 Å². The SMILES string of the molecule is CC(NC1CCN(S(=O)(=O)c2ccc(CNC(=O)c3ccccc3)s2)CC1)c1ccc(C(F)(F)F)cc1. The minimum atomic E-state index is -4.37. The van der Waals surface area contributed by atoms with Gasteiger partial charge in [0.1, 0.15) is 4.21 Å². The number of rotatable bonds is 8. The molecule has 1 amide bonds. The summed E-state index contributed by atoms with van der Waals surface area (Å²) in [4.78, 5) is 13.0. The Morgan fingerprint density at radius 2 is 1.68 bits per heavy atom. The number of nitrogens with one attached hydrogen (secondary N) is 2. The molecule has 1 aromatic heterocycles. The lowest BCUT2D eigenvalue weighted by Crippen LogP contribution is -2.45. The summed E-state index contributed by atoms with van der Waals surface area (Å²) in [7, 11) is -3.65. The number of amides is 1. The number of hydrogen-bond acceptors (Lipinski definition) is 5. The monoisotopic (exact) mass is 551 g/mol. The first-order valence-electron chi connectivity index (χ1n) is 11.9. The van der Waals surface area contributed by atoms with Crippen molar-refractivity contribution in [2.24, 2.45) is 0 Å². The van der Waals surface area contributed by atoms with Crippen molar-refractivity contribution in [1.82, 2.24) is 14.9 Å². The van der Waals surface area contributed by atoms with Gasteiger partial charge in [-0.1, -0.05) is 30.3 Å². The van der Waals surface area contributed by atoms with E-state index < -0.39 is 21.8 Å². The van der Waals surface area contributed by atoms with Gasteiger partial charge >= 0.3 is 6.18 Å². The van der Waals surface area contributed by atoms with Gasteiger partial charge in [-0.15, -0.1) is 11.3 Å². The summed E-state index contributed by atoms with van der Waals surface area (Å²) in [6.07, 6.45) is -3.18. The molecule has 37 heavy (non-hydrogen) atoms. The lowest BCUT2D eigenvalue weighted by molar-refractivity contribution is -0.137. The molecular weight excluding hydrogens is 523 g/mol. The zero-order valence-electron chi connectivity index (χ0n) is 20.2. The van der Waals surface area contributed by atoms with Crippen molar-refractivity contribution in [1.29, 1.82) is 0 Å². The highest BCUT2D eigenvalue weighted by atomic mass is 32.2. The van der Waals surface area contributed by atoms with Gasteiger partial charge in [0.05, 0.1) is 12.1 Å². The van der Waals surface area contributed by atoms with E-state index in [0.717, 1.165) is 33.9 Å². The number of benzene rings is 2. The summed E-state index contributed by atoms with van der Waals surface area (Å²) in [6, 6.07) is 17.1. The molecule has 0 spiro atoms. The van der Waals surface area contributed by atoms with Gasteiger partial charge < -0.3 is 10.6 Å². The summed E-state index contributed by atoms with van der Waals surface area (Å²) in [5, 5.41) is 6.22. The molecule has 1 fully saturated rings. The molecule has 11 heteroatoms. The van der Waals surface area contributed by atoms with Crippen LogP contribution in [0.1, 0.15) is 52.2 Å². The van der Waals surface area contributed by atoms with E-state index in [9.17, 15) is 26.4 Å². The predicted molar refractivity (Wildman–Crippen MR) is 137 cm³/mol. The molecule has 4 rings (SSSR count). The first-order valence-corrected chi connectivity index (χ1v) is 14.1. The molecule has 2 aromatic carbocycles. The molecule has 0 saturated carbocycles. The molecule has 0 bridgehead atoms. The number of hydrogen-bond donors (Lipinski definition) is 2. The normalized spacial score (nSPS) is 16.4. The molecule has 0 radical (unpaired) electrons. The van der Waals surface area contributed by atoms with E-state index in [1.807, 2.05) is 13.0 Å². The van der Waals surface area contributed by atoms with Crippen LogP contribution in [0.4, 0.5) is 13.2 Å². The highest BCUT2D eigenvalue weighted by Crippen LogP contribution is 2.31. The third-order valence-corrected chi connectivity index (χ3v) is 9.82. The Hall–Kier alpha value is -2.73. The van der Waals surface area contributed by atoms with Crippen LogP contribution in [0.5, 0.6) is 0 Å². The third-order valence-electron chi connectivity index (χ3n) is 6.37. The van der Waals surface area contributed by atoms with Gasteiger partial charge in [0.2, 0.25) is 0 Å². The lowest BCUT2D eigenvalue weighted by atomic mass is 10.0. The fourth-order valence-electron chi connectivity index (χ4n) is 4.25. The van der Waals surface area contributed by atoms with Crippen LogP contribution in [0, 0.1) is 0 Å². The number of thiophene rings is 1. The number of carbonyl (C=O) groups excluding carboxylic acids is 1. The number of carbonyl (C=O) groups is 1. The smallest absolute Gasteiger partial charge is 0.347 e. The van der Waals surface area contributed by atoms with E-state index >= 15 is 0 Å². The maximum Gasteiger partial charge on any atom is 0.416 e. The Bertz CT molecular complexity index is 1300. The van der Waals surface area contributed by atoms with E-state index in [4.69, 9.17) is 0 Å². The Balaban J connectivity index is 1.29. The second kappa shape index (κ2) is 11.3. The summed E-state index contributed by atoms with van der Waals surface area (Å²) >= 11 is 1.14. The minimum Gasteiger partial charge on any atom is -0.347 e. The molecule has 2 N–H and O–H groups in total. The van der Waals surface area contributed by atoms with E-state index in [1.165, 1.54) is 16.4 Å². The van der Waals surface area contributed by atoms with Gasteiger partial charge in [0.25, 0.3) is 15.9 Å². The van der Waals surface area contributed by atoms with Gasteiger partial charge in [0.15, 0.2) is 0 Å². The van der Waals surface area contributed by atoms with Gasteiger partial charge in [-0.25, -0.2) is 8.42 Å². The zero-order chi connectivity index (χ0) is 26.6. The van der Waals surface area contributed by atoms with Crippen LogP contribution in [0.2, 0.25) is 0 Å². The average Bonchev–Trinajstić information content (AvgIpc) is 3.38. The third kappa shape index (κ3) is 6.78. The predicted octanol–water partition coefficient (Wildman–Crippen LogP) is 5.20. The lowest BCUT2D eigenvalue weighted by Gasteiger charge is -2.33. The first-order chi connectivity index (χ1) is 17.5. The van der Waals surface area contributed by atoms with E-state index in [1.54, 1.807) is 36.4 Å². The first kappa shape index (κ1) is 27.3. The van der Waals surface area contributed by atoms with Crippen LogP contribution < -0.4 is 10.6 Å².